The van der Waals surface area contributed by atoms with Gasteiger partial charge in [-0.2, -0.15) is 0 Å². The maximum atomic E-state index is 11.7. The van der Waals surface area contributed by atoms with Gasteiger partial charge in [0.25, 0.3) is 0 Å². The third kappa shape index (κ3) is 5.51. The van der Waals surface area contributed by atoms with Crippen LogP contribution in [0, 0.1) is 0 Å². The van der Waals surface area contributed by atoms with Gasteiger partial charge >= 0.3 is 0 Å². The normalized spacial score (nSPS) is 18.0. The fraction of sp³-hybridized carbons (Fsp3) is 0.600. The first-order valence-electron chi connectivity index (χ1n) is 7.50. The van der Waals surface area contributed by atoms with Crippen molar-refractivity contribution < 1.29 is 9.21 Å². The predicted molar refractivity (Wildman–Crippen MR) is 97.6 cm³/mol. The van der Waals surface area contributed by atoms with Crippen molar-refractivity contribution in [3.05, 3.63) is 24.2 Å². The minimum absolute atomic E-state index is 0. The van der Waals surface area contributed by atoms with Crippen LogP contribution in [-0.2, 0) is 11.2 Å². The van der Waals surface area contributed by atoms with Gasteiger partial charge in [0.15, 0.2) is 5.96 Å². The summed E-state index contributed by atoms with van der Waals surface area (Å²) in [6, 6.07) is 4.12. The van der Waals surface area contributed by atoms with Crippen molar-refractivity contribution in [1.82, 2.24) is 15.5 Å². The molecule has 1 saturated heterocycles. The molecule has 0 aromatic carbocycles. The van der Waals surface area contributed by atoms with E-state index < -0.39 is 0 Å². The van der Waals surface area contributed by atoms with Crippen LogP contribution in [0.2, 0.25) is 0 Å². The van der Waals surface area contributed by atoms with Gasteiger partial charge < -0.3 is 20.0 Å². The van der Waals surface area contributed by atoms with Crippen LogP contribution in [0.15, 0.2) is 27.8 Å². The largest absolute Gasteiger partial charge is 0.469 e. The zero-order valence-corrected chi connectivity index (χ0v) is 15.5. The summed E-state index contributed by atoms with van der Waals surface area (Å²) in [6.45, 7) is 4.25. The van der Waals surface area contributed by atoms with Gasteiger partial charge in [-0.3, -0.25) is 9.79 Å². The molecular formula is C15H25IN4O2. The molecule has 1 aromatic heterocycles. The summed E-state index contributed by atoms with van der Waals surface area (Å²) >= 11 is 0. The molecule has 1 aliphatic heterocycles. The molecule has 0 radical (unpaired) electrons. The molecule has 0 bridgehead atoms. The highest BCUT2D eigenvalue weighted by Crippen LogP contribution is 2.10. The van der Waals surface area contributed by atoms with Gasteiger partial charge in [0.05, 0.1) is 6.26 Å². The standard InChI is InChI=1S/C15H24N4O2.HI/c1-3-14(20)19-9-7-12(11-19)18-15(16-2)17-8-6-13-5-4-10-21-13;/h4-5,10,12H,3,6-9,11H2,1-2H3,(H2,16,17,18);1H. The lowest BCUT2D eigenvalue weighted by molar-refractivity contribution is -0.129. The maximum absolute atomic E-state index is 11.7. The Hall–Kier alpha value is -1.25. The summed E-state index contributed by atoms with van der Waals surface area (Å²) in [6.07, 6.45) is 4.03. The van der Waals surface area contributed by atoms with Gasteiger partial charge in [0.2, 0.25) is 5.91 Å². The molecule has 2 heterocycles. The highest BCUT2D eigenvalue weighted by molar-refractivity contribution is 14.0. The van der Waals surface area contributed by atoms with E-state index in [9.17, 15) is 4.79 Å². The Kier molecular flexibility index (Phi) is 8.29. The Bertz CT molecular complexity index is 476. The number of aliphatic imine (C=N–C) groups is 1. The van der Waals surface area contributed by atoms with E-state index in [4.69, 9.17) is 4.42 Å². The summed E-state index contributed by atoms with van der Waals surface area (Å²) < 4.78 is 5.29. The molecule has 1 atom stereocenters. The first-order chi connectivity index (χ1) is 10.2. The Morgan fingerprint density at radius 1 is 1.55 bits per heavy atom. The van der Waals surface area contributed by atoms with Crippen molar-refractivity contribution in [2.75, 3.05) is 26.7 Å². The van der Waals surface area contributed by atoms with Crippen molar-refractivity contribution in [1.29, 1.82) is 0 Å². The van der Waals surface area contributed by atoms with E-state index in [1.165, 1.54) is 0 Å². The molecule has 2 N–H and O–H groups in total. The predicted octanol–water partition coefficient (Wildman–Crippen LogP) is 1.62. The first kappa shape index (κ1) is 18.8. The lowest BCUT2D eigenvalue weighted by atomic mass is 10.3. The smallest absolute Gasteiger partial charge is 0.222 e. The zero-order valence-electron chi connectivity index (χ0n) is 13.2. The Balaban J connectivity index is 0.00000242. The molecule has 2 rings (SSSR count). The minimum Gasteiger partial charge on any atom is -0.469 e. The quantitative estimate of drug-likeness (QED) is 0.432. The van der Waals surface area contributed by atoms with Gasteiger partial charge in [-0.05, 0) is 18.6 Å². The van der Waals surface area contributed by atoms with Crippen molar-refractivity contribution in [2.45, 2.75) is 32.2 Å². The van der Waals surface area contributed by atoms with Crippen LogP contribution in [-0.4, -0.2) is 49.5 Å². The fourth-order valence-electron chi connectivity index (χ4n) is 2.48. The van der Waals surface area contributed by atoms with E-state index in [2.05, 4.69) is 15.6 Å². The van der Waals surface area contributed by atoms with Crippen LogP contribution < -0.4 is 10.6 Å². The number of carbonyl (C=O) groups is 1. The molecule has 22 heavy (non-hydrogen) atoms. The second-order valence-corrected chi connectivity index (χ2v) is 5.15. The number of carbonyl (C=O) groups excluding carboxylic acids is 1. The van der Waals surface area contributed by atoms with E-state index in [0.29, 0.717) is 6.42 Å². The van der Waals surface area contributed by atoms with E-state index in [-0.39, 0.29) is 35.9 Å². The van der Waals surface area contributed by atoms with Crippen molar-refractivity contribution in [3.8, 4) is 0 Å². The lowest BCUT2D eigenvalue weighted by Gasteiger charge is -2.18. The Morgan fingerprint density at radius 2 is 2.36 bits per heavy atom. The Morgan fingerprint density at radius 3 is 3.00 bits per heavy atom. The van der Waals surface area contributed by atoms with Gasteiger partial charge in [-0.1, -0.05) is 6.92 Å². The highest BCUT2D eigenvalue weighted by Gasteiger charge is 2.25. The van der Waals surface area contributed by atoms with Crippen LogP contribution in [0.3, 0.4) is 0 Å². The van der Waals surface area contributed by atoms with Gasteiger partial charge in [0, 0.05) is 45.6 Å². The molecule has 1 amide bonds. The number of furan rings is 1. The average molecular weight is 420 g/mol. The highest BCUT2D eigenvalue weighted by atomic mass is 127. The summed E-state index contributed by atoms with van der Waals surface area (Å²) in [7, 11) is 1.76. The van der Waals surface area contributed by atoms with Crippen LogP contribution in [0.1, 0.15) is 25.5 Å². The molecule has 124 valence electrons. The monoisotopic (exact) mass is 420 g/mol. The van der Waals surface area contributed by atoms with Crippen LogP contribution in [0.25, 0.3) is 0 Å². The third-order valence-corrected chi connectivity index (χ3v) is 3.65. The van der Waals surface area contributed by atoms with Crippen LogP contribution >= 0.6 is 24.0 Å². The maximum Gasteiger partial charge on any atom is 0.222 e. The number of halogens is 1. The summed E-state index contributed by atoms with van der Waals surface area (Å²) in [5.41, 5.74) is 0. The zero-order chi connectivity index (χ0) is 15.1. The number of hydrogen-bond donors (Lipinski definition) is 2. The number of guanidine groups is 1. The van der Waals surface area contributed by atoms with Crippen molar-refractivity contribution in [3.63, 3.8) is 0 Å². The molecule has 7 heteroatoms. The second-order valence-electron chi connectivity index (χ2n) is 5.15. The van der Waals surface area contributed by atoms with Gasteiger partial charge in [-0.25, -0.2) is 0 Å². The van der Waals surface area contributed by atoms with E-state index in [0.717, 1.165) is 44.2 Å². The van der Waals surface area contributed by atoms with Crippen molar-refractivity contribution in [2.24, 2.45) is 4.99 Å². The topological polar surface area (TPSA) is 69.9 Å². The Labute approximate surface area is 148 Å². The summed E-state index contributed by atoms with van der Waals surface area (Å²) in [5, 5.41) is 6.64. The van der Waals surface area contributed by atoms with Crippen LogP contribution in [0.5, 0.6) is 0 Å². The number of nitrogens with zero attached hydrogens (tertiary/aromatic N) is 2. The number of amides is 1. The minimum atomic E-state index is 0. The third-order valence-electron chi connectivity index (χ3n) is 3.65. The van der Waals surface area contributed by atoms with E-state index in [1.807, 2.05) is 24.0 Å². The fourth-order valence-corrected chi connectivity index (χ4v) is 2.48. The van der Waals surface area contributed by atoms with E-state index in [1.54, 1.807) is 13.3 Å². The lowest BCUT2D eigenvalue weighted by Crippen LogP contribution is -2.45. The number of likely N-dealkylation sites (tertiary alicyclic amines) is 1. The number of rotatable bonds is 5. The first-order valence-corrected chi connectivity index (χ1v) is 7.50. The van der Waals surface area contributed by atoms with Gasteiger partial charge in [0.1, 0.15) is 5.76 Å². The number of nitrogens with one attached hydrogen (secondary N) is 2. The second kappa shape index (κ2) is 9.70. The molecule has 0 saturated carbocycles. The SMILES string of the molecule is CCC(=O)N1CCC(NC(=NC)NCCc2ccco2)C1.I. The molecular weight excluding hydrogens is 395 g/mol. The van der Waals surface area contributed by atoms with Crippen molar-refractivity contribution >= 4 is 35.8 Å². The molecule has 6 nitrogen and oxygen atoms in total. The molecule has 1 fully saturated rings. The summed E-state index contributed by atoms with van der Waals surface area (Å²) in [5.74, 6) is 1.95. The van der Waals surface area contributed by atoms with Gasteiger partial charge in [-0.15, -0.1) is 24.0 Å². The molecule has 1 aromatic rings. The molecule has 1 unspecified atom stereocenters. The molecule has 1 aliphatic rings. The molecule has 0 spiro atoms. The molecule has 0 aliphatic carbocycles. The number of hydrogen-bond acceptors (Lipinski definition) is 3. The van der Waals surface area contributed by atoms with Crippen LogP contribution in [0.4, 0.5) is 0 Å². The average Bonchev–Trinajstić information content (AvgIpc) is 3.16. The summed E-state index contributed by atoms with van der Waals surface area (Å²) in [4.78, 5) is 17.8. The van der Waals surface area contributed by atoms with E-state index >= 15 is 0 Å².